The summed E-state index contributed by atoms with van der Waals surface area (Å²) in [5.74, 6) is 0.611. The monoisotopic (exact) mass is 580 g/mol. The fourth-order valence-electron chi connectivity index (χ4n) is 4.71. The zero-order chi connectivity index (χ0) is 30.8. The Labute approximate surface area is 252 Å². The number of nitrogens with one attached hydrogen (secondary N) is 1. The van der Waals surface area contributed by atoms with Crippen molar-refractivity contribution in [1.82, 2.24) is 4.90 Å². The summed E-state index contributed by atoms with van der Waals surface area (Å²) in [5, 5.41) is 3.09. The third-order valence-corrected chi connectivity index (χ3v) is 6.67. The molecule has 0 heterocycles. The van der Waals surface area contributed by atoms with Gasteiger partial charge in [0.05, 0.1) is 5.69 Å². The van der Waals surface area contributed by atoms with Gasteiger partial charge in [-0.25, -0.2) is 4.79 Å². The van der Waals surface area contributed by atoms with Crippen molar-refractivity contribution in [2.45, 2.75) is 53.6 Å². The van der Waals surface area contributed by atoms with Crippen LogP contribution in [0, 0.1) is 0 Å². The molecule has 4 rings (SSSR count). The number of carbonyl (C=O) groups is 3. The molecular formula is C35H36N2O6. The SMILES string of the molecule is CCc1cc(OC(C)=O)c(OC(C)=O)c(CC)c1NC(=O)N(Cc1ccccc1)Cc1ccc(Oc2ccccc2)cc1. The summed E-state index contributed by atoms with van der Waals surface area (Å²) in [6.45, 7) is 7.08. The molecule has 0 unspecified atom stereocenters. The van der Waals surface area contributed by atoms with Crippen molar-refractivity contribution in [3.05, 3.63) is 113 Å². The highest BCUT2D eigenvalue weighted by atomic mass is 16.6. The van der Waals surface area contributed by atoms with Crippen molar-refractivity contribution in [2.24, 2.45) is 0 Å². The molecule has 0 spiro atoms. The average molecular weight is 581 g/mol. The van der Waals surface area contributed by atoms with Gasteiger partial charge in [-0.05, 0) is 59.9 Å². The second-order valence-corrected chi connectivity index (χ2v) is 9.94. The Kier molecular flexibility index (Phi) is 10.5. The number of aryl methyl sites for hydroxylation is 1. The number of hydrogen-bond donors (Lipinski definition) is 1. The van der Waals surface area contributed by atoms with Crippen molar-refractivity contribution < 1.29 is 28.6 Å². The third-order valence-electron chi connectivity index (χ3n) is 6.67. The summed E-state index contributed by atoms with van der Waals surface area (Å²) in [6, 6.07) is 28.2. The number of hydrogen-bond acceptors (Lipinski definition) is 6. The first-order chi connectivity index (χ1) is 20.8. The van der Waals surface area contributed by atoms with Gasteiger partial charge in [-0.15, -0.1) is 0 Å². The lowest BCUT2D eigenvalue weighted by Crippen LogP contribution is -2.34. The Morgan fingerprint density at radius 2 is 1.26 bits per heavy atom. The van der Waals surface area contributed by atoms with Gasteiger partial charge in [-0.2, -0.15) is 0 Å². The molecule has 0 saturated carbocycles. The maximum Gasteiger partial charge on any atom is 0.322 e. The van der Waals surface area contributed by atoms with E-state index in [1.54, 1.807) is 11.0 Å². The zero-order valence-electron chi connectivity index (χ0n) is 24.9. The first-order valence-electron chi connectivity index (χ1n) is 14.2. The minimum Gasteiger partial charge on any atom is -0.457 e. The van der Waals surface area contributed by atoms with Crippen LogP contribution in [0.2, 0.25) is 0 Å². The van der Waals surface area contributed by atoms with Crippen LogP contribution in [0.3, 0.4) is 0 Å². The molecule has 1 N–H and O–H groups in total. The van der Waals surface area contributed by atoms with E-state index in [0.717, 1.165) is 22.4 Å². The molecule has 0 aliphatic rings. The van der Waals surface area contributed by atoms with E-state index in [4.69, 9.17) is 14.2 Å². The van der Waals surface area contributed by atoms with Crippen LogP contribution in [0.15, 0.2) is 91.0 Å². The van der Waals surface area contributed by atoms with Gasteiger partial charge in [0, 0.05) is 32.5 Å². The molecule has 0 aliphatic heterocycles. The lowest BCUT2D eigenvalue weighted by molar-refractivity contribution is -0.134. The Bertz CT molecular complexity index is 1550. The highest BCUT2D eigenvalue weighted by Crippen LogP contribution is 2.40. The van der Waals surface area contributed by atoms with Gasteiger partial charge in [-0.1, -0.05) is 74.5 Å². The quantitative estimate of drug-likeness (QED) is 0.144. The molecule has 0 bridgehead atoms. The predicted molar refractivity (Wildman–Crippen MR) is 165 cm³/mol. The second kappa shape index (κ2) is 14.7. The topological polar surface area (TPSA) is 94.2 Å². The zero-order valence-corrected chi connectivity index (χ0v) is 24.9. The van der Waals surface area contributed by atoms with E-state index in [1.165, 1.54) is 13.8 Å². The fraction of sp³-hybridized carbons (Fsp3) is 0.229. The summed E-state index contributed by atoms with van der Waals surface area (Å²) < 4.78 is 16.8. The van der Waals surface area contributed by atoms with E-state index in [9.17, 15) is 14.4 Å². The van der Waals surface area contributed by atoms with E-state index in [2.05, 4.69) is 5.32 Å². The van der Waals surface area contributed by atoms with Gasteiger partial charge in [0.1, 0.15) is 11.5 Å². The van der Waals surface area contributed by atoms with Gasteiger partial charge < -0.3 is 24.4 Å². The van der Waals surface area contributed by atoms with Gasteiger partial charge in [0.2, 0.25) is 0 Å². The first-order valence-corrected chi connectivity index (χ1v) is 14.2. The number of amides is 2. The normalized spacial score (nSPS) is 10.5. The Morgan fingerprint density at radius 1 is 0.698 bits per heavy atom. The molecule has 0 aliphatic carbocycles. The number of ether oxygens (including phenoxy) is 3. The smallest absolute Gasteiger partial charge is 0.322 e. The van der Waals surface area contributed by atoms with Crippen molar-refractivity contribution in [2.75, 3.05) is 5.32 Å². The molecule has 8 nitrogen and oxygen atoms in total. The number of para-hydroxylation sites is 1. The maximum atomic E-state index is 14.0. The highest BCUT2D eigenvalue weighted by molar-refractivity contribution is 5.93. The van der Waals surface area contributed by atoms with E-state index in [1.807, 2.05) is 98.8 Å². The number of urea groups is 1. The number of benzene rings is 4. The Hall–Kier alpha value is -5.11. The predicted octanol–water partition coefficient (Wildman–Crippen LogP) is 7.69. The molecule has 0 atom stereocenters. The van der Waals surface area contributed by atoms with E-state index in [0.29, 0.717) is 42.9 Å². The minimum absolute atomic E-state index is 0.126. The Balaban J connectivity index is 1.65. The highest BCUT2D eigenvalue weighted by Gasteiger charge is 2.24. The molecule has 43 heavy (non-hydrogen) atoms. The van der Waals surface area contributed by atoms with Crippen molar-refractivity contribution in [1.29, 1.82) is 0 Å². The molecule has 2 amide bonds. The lowest BCUT2D eigenvalue weighted by Gasteiger charge is -2.26. The van der Waals surface area contributed by atoms with Crippen LogP contribution in [0.25, 0.3) is 0 Å². The molecule has 4 aromatic carbocycles. The van der Waals surface area contributed by atoms with Gasteiger partial charge in [0.15, 0.2) is 11.5 Å². The van der Waals surface area contributed by atoms with Gasteiger partial charge in [0.25, 0.3) is 0 Å². The molecule has 4 aromatic rings. The van der Waals surface area contributed by atoms with E-state index in [-0.39, 0.29) is 17.5 Å². The van der Waals surface area contributed by atoms with Crippen molar-refractivity contribution in [3.8, 4) is 23.0 Å². The van der Waals surface area contributed by atoms with Crippen LogP contribution in [0.1, 0.15) is 49.9 Å². The van der Waals surface area contributed by atoms with Crippen LogP contribution in [0.4, 0.5) is 10.5 Å². The summed E-state index contributed by atoms with van der Waals surface area (Å²) >= 11 is 0. The number of esters is 2. The third kappa shape index (κ3) is 8.45. The van der Waals surface area contributed by atoms with Crippen LogP contribution in [0.5, 0.6) is 23.0 Å². The van der Waals surface area contributed by atoms with E-state index < -0.39 is 11.9 Å². The summed E-state index contributed by atoms with van der Waals surface area (Å²) in [4.78, 5) is 39.5. The standard InChI is InChI=1S/C35H36N2O6/c1-5-28-21-32(41-24(3)38)34(42-25(4)39)31(6-2)33(28)36-35(40)37(22-26-13-9-7-10-14-26)23-27-17-19-30(20-18-27)43-29-15-11-8-12-16-29/h7-21H,5-6,22-23H2,1-4H3,(H,36,40). The van der Waals surface area contributed by atoms with Crippen molar-refractivity contribution in [3.63, 3.8) is 0 Å². The molecule has 8 heteroatoms. The number of anilines is 1. The van der Waals surface area contributed by atoms with Gasteiger partial charge in [-0.3, -0.25) is 9.59 Å². The van der Waals surface area contributed by atoms with Gasteiger partial charge >= 0.3 is 18.0 Å². The number of nitrogens with zero attached hydrogens (tertiary/aromatic N) is 1. The first kappa shape index (κ1) is 30.8. The molecule has 0 aromatic heterocycles. The van der Waals surface area contributed by atoms with Crippen LogP contribution in [-0.4, -0.2) is 22.9 Å². The molecular weight excluding hydrogens is 544 g/mol. The average Bonchev–Trinajstić information content (AvgIpc) is 2.99. The van der Waals surface area contributed by atoms with E-state index >= 15 is 0 Å². The Morgan fingerprint density at radius 3 is 1.81 bits per heavy atom. The summed E-state index contributed by atoms with van der Waals surface area (Å²) in [7, 11) is 0. The molecule has 0 radical (unpaired) electrons. The second-order valence-electron chi connectivity index (χ2n) is 9.94. The molecule has 222 valence electrons. The van der Waals surface area contributed by atoms with Crippen LogP contribution >= 0.6 is 0 Å². The van der Waals surface area contributed by atoms with Crippen LogP contribution < -0.4 is 19.5 Å². The number of rotatable bonds is 11. The van der Waals surface area contributed by atoms with Crippen molar-refractivity contribution >= 4 is 23.7 Å². The minimum atomic E-state index is -0.560. The number of carbonyl (C=O) groups excluding carboxylic acids is 3. The largest absolute Gasteiger partial charge is 0.457 e. The summed E-state index contributed by atoms with van der Waals surface area (Å²) in [5.41, 5.74) is 3.75. The summed E-state index contributed by atoms with van der Waals surface area (Å²) in [6.07, 6.45) is 0.959. The fourth-order valence-corrected chi connectivity index (χ4v) is 4.71. The maximum absolute atomic E-state index is 14.0. The lowest BCUT2D eigenvalue weighted by atomic mass is 10.0. The molecule has 0 fully saturated rings. The molecule has 0 saturated heterocycles. The van der Waals surface area contributed by atoms with Crippen LogP contribution in [-0.2, 0) is 35.5 Å².